The van der Waals surface area contributed by atoms with E-state index in [9.17, 15) is 20.1 Å². The van der Waals surface area contributed by atoms with Crippen LogP contribution in [0.3, 0.4) is 0 Å². The fourth-order valence-corrected chi connectivity index (χ4v) is 14.9. The van der Waals surface area contributed by atoms with Crippen LogP contribution in [0.1, 0.15) is 150 Å². The van der Waals surface area contributed by atoms with Gasteiger partial charge in [-0.15, -0.1) is 0 Å². The molecule has 5 heteroatoms. The Balaban J connectivity index is 1.38. The average Bonchev–Trinajstić information content (AvgIpc) is 3.09. The number of aliphatic carboxylic acids is 1. The number of fused-ring (bicyclic) bond motifs is 3. The highest BCUT2D eigenvalue weighted by Crippen LogP contribution is 2.87. The number of hydrogen-bond acceptors (Lipinski definition) is 4. The minimum atomic E-state index is -1.19. The molecule has 1 heterocycles. The topological polar surface area (TPSA) is 87.0 Å². The lowest BCUT2D eigenvalue weighted by Crippen LogP contribution is -2.77. The Bertz CT molecular complexity index is 1120. The molecule has 0 aromatic carbocycles. The molecule has 7 aliphatic rings. The summed E-state index contributed by atoms with van der Waals surface area (Å²) in [6.45, 7) is 12.4. The van der Waals surface area contributed by atoms with E-state index < -0.39 is 23.3 Å². The third-order valence-electron chi connectivity index (χ3n) is 17.2. The maximum atomic E-state index is 12.7. The van der Waals surface area contributed by atoms with Gasteiger partial charge in [0, 0.05) is 17.8 Å². The summed E-state index contributed by atoms with van der Waals surface area (Å²) < 4.78 is 6.28. The molecule has 12 unspecified atom stereocenters. The van der Waals surface area contributed by atoms with E-state index in [2.05, 4.69) is 27.7 Å². The van der Waals surface area contributed by atoms with Gasteiger partial charge in [0.2, 0.25) is 0 Å². The van der Waals surface area contributed by atoms with E-state index in [0.717, 1.165) is 25.7 Å². The first-order chi connectivity index (χ1) is 19.7. The van der Waals surface area contributed by atoms with Crippen LogP contribution in [0, 0.1) is 55.7 Å². The SMILES string of the molecule is CCCCCCC12CCC34CCCC1(CCC15COC(O)(CC(O)C12)C5C)C3(C)CCC1(C)CCC(C)(C(=O)O)CC14. The van der Waals surface area contributed by atoms with Gasteiger partial charge in [-0.25, -0.2) is 0 Å². The molecule has 1 saturated heterocycles. The molecule has 2 spiro atoms. The predicted octanol–water partition coefficient (Wildman–Crippen LogP) is 8.11. The van der Waals surface area contributed by atoms with Gasteiger partial charge in [-0.2, -0.15) is 0 Å². The Morgan fingerprint density at radius 2 is 1.64 bits per heavy atom. The first-order valence-electron chi connectivity index (χ1n) is 18.0. The molecule has 0 aromatic heterocycles. The molecule has 42 heavy (non-hydrogen) atoms. The van der Waals surface area contributed by atoms with Gasteiger partial charge in [0.15, 0.2) is 5.79 Å². The van der Waals surface area contributed by atoms with Crippen LogP contribution in [0.2, 0.25) is 0 Å². The van der Waals surface area contributed by atoms with E-state index in [1.165, 1.54) is 83.5 Å². The molecule has 6 saturated carbocycles. The molecule has 238 valence electrons. The van der Waals surface area contributed by atoms with Crippen molar-refractivity contribution in [1.82, 2.24) is 0 Å². The summed E-state index contributed by atoms with van der Waals surface area (Å²) in [6.07, 6.45) is 19.6. The lowest BCUT2D eigenvalue weighted by Gasteiger charge is -2.82. The molecular formula is C37H60O5. The number of aliphatic hydroxyl groups excluding tert-OH is 1. The quantitative estimate of drug-likeness (QED) is 0.275. The van der Waals surface area contributed by atoms with E-state index in [1.807, 2.05) is 6.92 Å². The first-order valence-corrected chi connectivity index (χ1v) is 18.0. The van der Waals surface area contributed by atoms with Crippen molar-refractivity contribution >= 4 is 5.97 Å². The van der Waals surface area contributed by atoms with E-state index in [-0.39, 0.29) is 44.3 Å². The monoisotopic (exact) mass is 584 g/mol. The van der Waals surface area contributed by atoms with Gasteiger partial charge in [-0.1, -0.05) is 59.8 Å². The highest BCUT2D eigenvalue weighted by molar-refractivity contribution is 5.74. The van der Waals surface area contributed by atoms with Crippen molar-refractivity contribution in [3.8, 4) is 0 Å². The smallest absolute Gasteiger partial charge is 0.309 e. The van der Waals surface area contributed by atoms with Crippen LogP contribution in [-0.2, 0) is 9.53 Å². The number of aliphatic hydroxyl groups is 2. The number of ether oxygens (including phenoxy) is 1. The molecule has 7 rings (SSSR count). The van der Waals surface area contributed by atoms with Gasteiger partial charge >= 0.3 is 5.97 Å². The Kier molecular flexibility index (Phi) is 6.59. The molecule has 0 aromatic rings. The Morgan fingerprint density at radius 1 is 0.881 bits per heavy atom. The molecule has 12 atom stereocenters. The summed E-state index contributed by atoms with van der Waals surface area (Å²) >= 11 is 0. The molecule has 3 N–H and O–H groups in total. The fourth-order valence-electron chi connectivity index (χ4n) is 14.9. The molecule has 5 nitrogen and oxygen atoms in total. The first kappa shape index (κ1) is 30.0. The highest BCUT2D eigenvalue weighted by atomic mass is 16.6. The van der Waals surface area contributed by atoms with Crippen LogP contribution < -0.4 is 0 Å². The summed E-state index contributed by atoms with van der Waals surface area (Å²) in [5, 5.41) is 34.2. The van der Waals surface area contributed by atoms with Crippen LogP contribution in [0.25, 0.3) is 0 Å². The van der Waals surface area contributed by atoms with Crippen molar-refractivity contribution in [3.05, 3.63) is 0 Å². The van der Waals surface area contributed by atoms with Gasteiger partial charge in [-0.3, -0.25) is 4.79 Å². The van der Waals surface area contributed by atoms with E-state index in [0.29, 0.717) is 18.9 Å². The van der Waals surface area contributed by atoms with Gasteiger partial charge in [0.05, 0.1) is 18.1 Å². The zero-order chi connectivity index (χ0) is 30.0. The second kappa shape index (κ2) is 9.21. The molecular weight excluding hydrogens is 524 g/mol. The van der Waals surface area contributed by atoms with Crippen LogP contribution in [0.5, 0.6) is 0 Å². The third-order valence-corrected chi connectivity index (χ3v) is 17.2. The summed E-state index contributed by atoms with van der Waals surface area (Å²) in [5.74, 6) is -1.09. The molecule has 6 aliphatic carbocycles. The number of carboxylic acids is 1. The number of hydrogen-bond donors (Lipinski definition) is 3. The number of rotatable bonds is 6. The van der Waals surface area contributed by atoms with E-state index in [1.54, 1.807) is 0 Å². The summed E-state index contributed by atoms with van der Waals surface area (Å²) in [4.78, 5) is 12.7. The van der Waals surface area contributed by atoms with Crippen molar-refractivity contribution < 1.29 is 24.9 Å². The second-order valence-electron chi connectivity index (χ2n) is 18.0. The number of carboxylic acid groups (broad SMARTS) is 1. The van der Waals surface area contributed by atoms with Gasteiger partial charge < -0.3 is 20.1 Å². The molecule has 0 radical (unpaired) electrons. The third kappa shape index (κ3) is 3.30. The van der Waals surface area contributed by atoms with Crippen LogP contribution in [0.15, 0.2) is 0 Å². The van der Waals surface area contributed by atoms with Gasteiger partial charge in [0.25, 0.3) is 0 Å². The minimum Gasteiger partial charge on any atom is -0.481 e. The molecule has 4 bridgehead atoms. The summed E-state index contributed by atoms with van der Waals surface area (Å²) in [7, 11) is 0. The summed E-state index contributed by atoms with van der Waals surface area (Å²) in [6, 6.07) is 0. The maximum absolute atomic E-state index is 12.7. The van der Waals surface area contributed by atoms with E-state index >= 15 is 0 Å². The lowest BCUT2D eigenvalue weighted by molar-refractivity contribution is -0.350. The normalized spacial score (nSPS) is 57.9. The van der Waals surface area contributed by atoms with Crippen LogP contribution in [-0.4, -0.2) is 39.8 Å². The largest absolute Gasteiger partial charge is 0.481 e. The molecule has 0 amide bonds. The fraction of sp³-hybridized carbons (Fsp3) is 0.973. The van der Waals surface area contributed by atoms with Crippen LogP contribution in [0.4, 0.5) is 0 Å². The van der Waals surface area contributed by atoms with Crippen molar-refractivity contribution in [2.45, 2.75) is 162 Å². The van der Waals surface area contributed by atoms with Crippen molar-refractivity contribution in [3.63, 3.8) is 0 Å². The Labute approximate surface area is 254 Å². The predicted molar refractivity (Wildman–Crippen MR) is 164 cm³/mol. The van der Waals surface area contributed by atoms with Gasteiger partial charge in [-0.05, 0) is 123 Å². The highest BCUT2D eigenvalue weighted by Gasteiger charge is 2.82. The zero-order valence-corrected chi connectivity index (χ0v) is 27.4. The molecule has 1 aliphatic heterocycles. The standard InChI is InChI=1S/C37H60O5/c1-6-7-8-9-11-35-20-19-34-12-10-13-36(35,21-18-33-24-42-37(41,25(33)2)22-26(38)28(33)35)32(34,5)17-16-30(3)14-15-31(4,29(39)40)23-27(30)34/h25-28,38,41H,6-24H2,1-5H3,(H,39,40). The van der Waals surface area contributed by atoms with E-state index in [4.69, 9.17) is 4.74 Å². The lowest BCUT2D eigenvalue weighted by atomic mass is 9.22. The van der Waals surface area contributed by atoms with Crippen molar-refractivity contribution in [1.29, 1.82) is 0 Å². The minimum absolute atomic E-state index is 0.0515. The van der Waals surface area contributed by atoms with Crippen molar-refractivity contribution in [2.75, 3.05) is 6.61 Å². The second-order valence-corrected chi connectivity index (χ2v) is 18.0. The summed E-state index contributed by atoms with van der Waals surface area (Å²) in [5.41, 5.74) is 0.0259. The van der Waals surface area contributed by atoms with Crippen LogP contribution >= 0.6 is 0 Å². The van der Waals surface area contributed by atoms with Gasteiger partial charge in [0.1, 0.15) is 0 Å². The molecule has 7 fully saturated rings. The number of carbonyl (C=O) groups is 1. The maximum Gasteiger partial charge on any atom is 0.309 e. The Hall–Kier alpha value is -0.650. The Morgan fingerprint density at radius 3 is 2.38 bits per heavy atom. The van der Waals surface area contributed by atoms with Crippen molar-refractivity contribution in [2.24, 2.45) is 55.7 Å². The number of unbranched alkanes of at least 4 members (excludes halogenated alkanes) is 3. The average molecular weight is 585 g/mol. The zero-order valence-electron chi connectivity index (χ0n) is 27.4.